The van der Waals surface area contributed by atoms with Crippen LogP contribution < -0.4 is 0 Å². The van der Waals surface area contributed by atoms with Crippen molar-refractivity contribution < 1.29 is 4.42 Å². The van der Waals surface area contributed by atoms with E-state index in [0.717, 1.165) is 98.9 Å². The fraction of sp³-hybridized carbons (Fsp3) is 0. The Labute approximate surface area is 304 Å². The molecule has 4 aromatic heterocycles. The molecular weight excluding hydrogens is 647 g/mol. The first-order chi connectivity index (χ1) is 26.2. The van der Waals surface area contributed by atoms with Gasteiger partial charge in [-0.15, -0.1) is 0 Å². The zero-order valence-corrected chi connectivity index (χ0v) is 28.5. The molecule has 0 amide bonds. The van der Waals surface area contributed by atoms with Crippen molar-refractivity contribution in [1.29, 1.82) is 0 Å². The average Bonchev–Trinajstić information content (AvgIpc) is 3.63. The van der Waals surface area contributed by atoms with Crippen LogP contribution in [0.2, 0.25) is 0 Å². The van der Waals surface area contributed by atoms with Crippen molar-refractivity contribution in [2.45, 2.75) is 0 Å². The summed E-state index contributed by atoms with van der Waals surface area (Å²) >= 11 is 0. The summed E-state index contributed by atoms with van der Waals surface area (Å²) in [5, 5.41) is 7.71. The fourth-order valence-corrected chi connectivity index (χ4v) is 7.84. The third-order valence-electron chi connectivity index (χ3n) is 10.5. The maximum absolute atomic E-state index is 6.81. The zero-order chi connectivity index (χ0) is 34.9. The van der Waals surface area contributed by atoms with Crippen molar-refractivity contribution in [3.05, 3.63) is 176 Å². The summed E-state index contributed by atoms with van der Waals surface area (Å²) in [5.74, 6) is 0. The summed E-state index contributed by atoms with van der Waals surface area (Å²) < 4.78 is 6.81. The normalized spacial score (nSPS) is 11.8. The molecule has 0 aliphatic carbocycles. The quantitative estimate of drug-likeness (QED) is 0.174. The van der Waals surface area contributed by atoms with E-state index in [1.807, 2.05) is 24.5 Å². The summed E-state index contributed by atoms with van der Waals surface area (Å²) in [4.78, 5) is 14.8. The second kappa shape index (κ2) is 11.7. The van der Waals surface area contributed by atoms with Crippen LogP contribution in [0.5, 0.6) is 0 Å². The number of furan rings is 1. The van der Waals surface area contributed by atoms with Gasteiger partial charge in [0.1, 0.15) is 11.2 Å². The van der Waals surface area contributed by atoms with E-state index in [1.165, 1.54) is 11.1 Å². The van der Waals surface area contributed by atoms with Crippen LogP contribution in [0, 0.1) is 0 Å². The predicted molar refractivity (Wildman–Crippen MR) is 219 cm³/mol. The maximum atomic E-state index is 6.81. The van der Waals surface area contributed by atoms with Gasteiger partial charge in [-0.05, 0) is 82.2 Å². The molecule has 4 nitrogen and oxygen atoms in total. The number of hydrogen-bond acceptors (Lipinski definition) is 4. The molecule has 0 aliphatic heterocycles. The highest BCUT2D eigenvalue weighted by atomic mass is 16.3. The summed E-state index contributed by atoms with van der Waals surface area (Å²) in [6.07, 6.45) is 3.79. The summed E-state index contributed by atoms with van der Waals surface area (Å²) in [6, 6.07) is 57.7. The third-order valence-corrected chi connectivity index (χ3v) is 10.5. The molecule has 0 saturated heterocycles. The van der Waals surface area contributed by atoms with Gasteiger partial charge in [-0.2, -0.15) is 0 Å². The van der Waals surface area contributed by atoms with Crippen LogP contribution in [0.25, 0.3) is 110 Å². The van der Waals surface area contributed by atoms with E-state index in [0.29, 0.717) is 0 Å². The van der Waals surface area contributed by atoms with Crippen molar-refractivity contribution >= 4 is 65.4 Å². The Balaban J connectivity index is 1.12. The summed E-state index contributed by atoms with van der Waals surface area (Å²) in [7, 11) is 0. The molecule has 7 aromatic carbocycles. The first-order valence-corrected chi connectivity index (χ1v) is 17.8. The molecule has 0 bridgehead atoms. The highest BCUT2D eigenvalue weighted by molar-refractivity contribution is 6.17. The minimum absolute atomic E-state index is 0.871. The van der Waals surface area contributed by atoms with Gasteiger partial charge in [-0.25, -0.2) is 4.98 Å². The number of rotatable bonds is 4. The predicted octanol–water partition coefficient (Wildman–Crippen LogP) is 13.1. The average molecular weight is 676 g/mol. The van der Waals surface area contributed by atoms with Crippen molar-refractivity contribution in [2.24, 2.45) is 0 Å². The van der Waals surface area contributed by atoms with Crippen LogP contribution in [0.3, 0.4) is 0 Å². The van der Waals surface area contributed by atoms with Crippen molar-refractivity contribution in [3.63, 3.8) is 0 Å². The van der Waals surface area contributed by atoms with Gasteiger partial charge < -0.3 is 4.42 Å². The van der Waals surface area contributed by atoms with Gasteiger partial charge in [0.15, 0.2) is 0 Å². The Morgan fingerprint density at radius 2 is 1.11 bits per heavy atom. The topological polar surface area (TPSA) is 51.8 Å². The summed E-state index contributed by atoms with van der Waals surface area (Å²) in [6.45, 7) is 0. The van der Waals surface area contributed by atoms with E-state index >= 15 is 0 Å². The molecule has 0 fully saturated rings. The molecule has 4 heteroatoms. The van der Waals surface area contributed by atoms with E-state index in [-0.39, 0.29) is 0 Å². The number of nitrogens with zero attached hydrogens (tertiary/aromatic N) is 3. The highest BCUT2D eigenvalue weighted by Gasteiger charge is 2.17. The lowest BCUT2D eigenvalue weighted by atomic mass is 9.93. The molecule has 0 unspecified atom stereocenters. The smallest absolute Gasteiger partial charge is 0.143 e. The molecule has 246 valence electrons. The Bertz CT molecular complexity index is 3240. The van der Waals surface area contributed by atoms with Crippen LogP contribution in [0.15, 0.2) is 181 Å². The first-order valence-electron chi connectivity index (χ1n) is 17.8. The second-order valence-electron chi connectivity index (χ2n) is 13.7. The van der Waals surface area contributed by atoms with Gasteiger partial charge in [-0.3, -0.25) is 9.97 Å². The monoisotopic (exact) mass is 675 g/mol. The largest absolute Gasteiger partial charge is 0.455 e. The molecule has 0 N–H and O–H groups in total. The van der Waals surface area contributed by atoms with Crippen LogP contribution in [-0.2, 0) is 0 Å². The molecule has 0 spiro atoms. The van der Waals surface area contributed by atoms with E-state index in [1.54, 1.807) is 0 Å². The minimum atomic E-state index is 0.871. The first kappa shape index (κ1) is 29.5. The number of hydrogen-bond donors (Lipinski definition) is 0. The Morgan fingerprint density at radius 1 is 0.377 bits per heavy atom. The third kappa shape index (κ3) is 4.88. The Morgan fingerprint density at radius 3 is 2.08 bits per heavy atom. The molecule has 4 heterocycles. The molecule has 53 heavy (non-hydrogen) atoms. The van der Waals surface area contributed by atoms with E-state index in [2.05, 4.69) is 157 Å². The molecule has 0 aliphatic rings. The number of para-hydroxylation sites is 1. The van der Waals surface area contributed by atoms with E-state index < -0.39 is 0 Å². The molecule has 0 radical (unpaired) electrons. The SMILES string of the molecule is c1ccc(-c2ccc3nc(-c4cc(-c5cnc6c(ccc7cccnc76)c5)cc(-c5cccc6c5oc5c7ccccc7ccc65)c4)ccc3c2)cc1. The van der Waals surface area contributed by atoms with Gasteiger partial charge in [0.05, 0.1) is 22.2 Å². The lowest BCUT2D eigenvalue weighted by Gasteiger charge is -2.13. The Hall–Kier alpha value is -7.17. The van der Waals surface area contributed by atoms with Gasteiger partial charge in [-0.1, -0.05) is 109 Å². The van der Waals surface area contributed by atoms with Crippen molar-refractivity contribution in [3.8, 4) is 44.6 Å². The molecular formula is C49H29N3O. The number of fused-ring (bicyclic) bond motifs is 9. The van der Waals surface area contributed by atoms with Crippen LogP contribution in [0.4, 0.5) is 0 Å². The fourth-order valence-electron chi connectivity index (χ4n) is 7.84. The number of pyridine rings is 3. The van der Waals surface area contributed by atoms with Crippen LogP contribution in [-0.4, -0.2) is 15.0 Å². The van der Waals surface area contributed by atoms with Gasteiger partial charge in [0.25, 0.3) is 0 Å². The van der Waals surface area contributed by atoms with Crippen molar-refractivity contribution in [1.82, 2.24) is 15.0 Å². The highest BCUT2D eigenvalue weighted by Crippen LogP contribution is 2.41. The van der Waals surface area contributed by atoms with Crippen LogP contribution >= 0.6 is 0 Å². The standard InChI is InChI=1S/C49H29N3O/c1-2-8-30(9-3-1)33-18-21-44-34(24-33)19-22-45(52-44)38-27-36(39-25-35-16-15-32-11-7-23-50-46(32)47(35)51-29-39)26-37(28-38)41-13-6-14-42-43-20-17-31-10-4-5-12-40(31)48(43)53-49(41)42/h1-29H. The van der Waals surface area contributed by atoms with Crippen molar-refractivity contribution in [2.75, 3.05) is 0 Å². The van der Waals surface area contributed by atoms with Crippen LogP contribution in [0.1, 0.15) is 0 Å². The number of aromatic nitrogens is 3. The molecule has 11 rings (SSSR count). The minimum Gasteiger partial charge on any atom is -0.455 e. The molecule has 0 saturated carbocycles. The lowest BCUT2D eigenvalue weighted by molar-refractivity contribution is 0.674. The second-order valence-corrected chi connectivity index (χ2v) is 13.7. The number of benzene rings is 7. The van der Waals surface area contributed by atoms with Gasteiger partial charge in [0.2, 0.25) is 0 Å². The molecule has 11 aromatic rings. The Kier molecular flexibility index (Phi) is 6.52. The zero-order valence-electron chi connectivity index (χ0n) is 28.5. The maximum Gasteiger partial charge on any atom is 0.143 e. The lowest BCUT2D eigenvalue weighted by Crippen LogP contribution is -1.91. The van der Waals surface area contributed by atoms with Gasteiger partial charge >= 0.3 is 0 Å². The summed E-state index contributed by atoms with van der Waals surface area (Å²) in [5.41, 5.74) is 13.0. The van der Waals surface area contributed by atoms with Gasteiger partial charge in [0, 0.05) is 61.4 Å². The van der Waals surface area contributed by atoms with E-state index in [4.69, 9.17) is 14.4 Å². The molecule has 0 atom stereocenters. The van der Waals surface area contributed by atoms with E-state index in [9.17, 15) is 0 Å².